The number of carbonyl (C=O) groups excluding carboxylic acids is 2. The summed E-state index contributed by atoms with van der Waals surface area (Å²) in [6, 6.07) is 0. The van der Waals surface area contributed by atoms with E-state index in [1.807, 2.05) is 11.8 Å². The maximum atomic E-state index is 12.8. The fraction of sp³-hybridized carbons (Fsp3) is 0.647. The van der Waals surface area contributed by atoms with Crippen molar-refractivity contribution >= 4 is 11.7 Å². The molecular weight excluding hydrogens is 264 g/mol. The quantitative estimate of drug-likeness (QED) is 0.905. The van der Waals surface area contributed by atoms with Gasteiger partial charge in [0.1, 0.15) is 5.69 Å². The molecule has 1 saturated carbocycles. The first-order chi connectivity index (χ1) is 10.1. The number of nitrogens with zero attached hydrogens (tertiary/aromatic N) is 1. The lowest BCUT2D eigenvalue weighted by Crippen LogP contribution is -2.34. The smallest absolute Gasteiger partial charge is 0.270 e. The molecule has 1 heterocycles. The zero-order chi connectivity index (χ0) is 15.0. The molecule has 0 unspecified atom stereocenters. The van der Waals surface area contributed by atoms with Gasteiger partial charge in [-0.15, -0.1) is 0 Å². The predicted octanol–water partition coefficient (Wildman–Crippen LogP) is 3.10. The van der Waals surface area contributed by atoms with Crippen molar-refractivity contribution in [3.05, 3.63) is 22.5 Å². The minimum Gasteiger partial charge on any atom is -0.354 e. The third kappa shape index (κ3) is 2.76. The summed E-state index contributed by atoms with van der Waals surface area (Å²) < 4.78 is 0. The van der Waals surface area contributed by atoms with Gasteiger partial charge in [0, 0.05) is 30.8 Å². The van der Waals surface area contributed by atoms with Crippen LogP contribution in [0.4, 0.5) is 0 Å². The number of ketones is 1. The SMILES string of the molecule is CCCN(CC1CC1)C(=O)c1[nH]c2c(c1C)C(=O)CCC2. The van der Waals surface area contributed by atoms with E-state index in [0.717, 1.165) is 49.2 Å². The van der Waals surface area contributed by atoms with E-state index in [2.05, 4.69) is 11.9 Å². The van der Waals surface area contributed by atoms with E-state index in [1.165, 1.54) is 12.8 Å². The Morgan fingerprint density at radius 2 is 2.10 bits per heavy atom. The predicted molar refractivity (Wildman–Crippen MR) is 81.7 cm³/mol. The second kappa shape index (κ2) is 5.66. The molecule has 1 amide bonds. The fourth-order valence-electron chi connectivity index (χ4n) is 3.30. The first-order valence-corrected chi connectivity index (χ1v) is 8.15. The van der Waals surface area contributed by atoms with Crippen LogP contribution >= 0.6 is 0 Å². The highest BCUT2D eigenvalue weighted by Crippen LogP contribution is 2.31. The highest BCUT2D eigenvalue weighted by molar-refractivity contribution is 6.04. The zero-order valence-electron chi connectivity index (χ0n) is 13.0. The summed E-state index contributed by atoms with van der Waals surface area (Å²) in [5.41, 5.74) is 3.25. The Morgan fingerprint density at radius 1 is 1.33 bits per heavy atom. The molecule has 1 N–H and O–H groups in total. The Kier molecular flexibility index (Phi) is 3.87. The molecule has 0 saturated heterocycles. The van der Waals surface area contributed by atoms with Gasteiger partial charge in [0.15, 0.2) is 5.78 Å². The molecule has 114 valence electrons. The molecule has 4 heteroatoms. The lowest BCUT2D eigenvalue weighted by atomic mass is 9.93. The van der Waals surface area contributed by atoms with Crippen LogP contribution in [0.1, 0.15) is 71.1 Å². The van der Waals surface area contributed by atoms with Gasteiger partial charge in [-0.2, -0.15) is 0 Å². The van der Waals surface area contributed by atoms with Crippen LogP contribution in [0.15, 0.2) is 0 Å². The number of carbonyl (C=O) groups is 2. The van der Waals surface area contributed by atoms with E-state index in [1.54, 1.807) is 0 Å². The second-order valence-corrected chi connectivity index (χ2v) is 6.45. The van der Waals surface area contributed by atoms with Crippen molar-refractivity contribution in [1.29, 1.82) is 0 Å². The molecule has 3 rings (SSSR count). The molecular formula is C17H24N2O2. The van der Waals surface area contributed by atoms with Crippen molar-refractivity contribution < 1.29 is 9.59 Å². The van der Waals surface area contributed by atoms with Gasteiger partial charge in [-0.25, -0.2) is 0 Å². The molecule has 1 aromatic heterocycles. The van der Waals surface area contributed by atoms with Crippen LogP contribution in [0.2, 0.25) is 0 Å². The van der Waals surface area contributed by atoms with Crippen LogP contribution in [-0.2, 0) is 6.42 Å². The van der Waals surface area contributed by atoms with Gasteiger partial charge in [-0.05, 0) is 50.5 Å². The number of hydrogen-bond acceptors (Lipinski definition) is 2. The highest BCUT2D eigenvalue weighted by Gasteiger charge is 2.31. The molecule has 0 aromatic carbocycles. The minimum atomic E-state index is 0.0726. The van der Waals surface area contributed by atoms with E-state index in [0.29, 0.717) is 18.0 Å². The van der Waals surface area contributed by atoms with Crippen molar-refractivity contribution in [1.82, 2.24) is 9.88 Å². The van der Waals surface area contributed by atoms with E-state index >= 15 is 0 Å². The average Bonchev–Trinajstić information content (AvgIpc) is 3.21. The van der Waals surface area contributed by atoms with Gasteiger partial charge in [0.05, 0.1) is 0 Å². The number of Topliss-reactive ketones (excluding diaryl/α,β-unsaturated/α-hetero) is 1. The Morgan fingerprint density at radius 3 is 2.71 bits per heavy atom. The molecule has 0 bridgehead atoms. The van der Waals surface area contributed by atoms with Crippen molar-refractivity contribution in [2.45, 2.75) is 52.4 Å². The largest absolute Gasteiger partial charge is 0.354 e. The minimum absolute atomic E-state index is 0.0726. The fourth-order valence-corrected chi connectivity index (χ4v) is 3.30. The van der Waals surface area contributed by atoms with Gasteiger partial charge in [0.2, 0.25) is 0 Å². The first kappa shape index (κ1) is 14.4. The number of rotatable bonds is 5. The molecule has 21 heavy (non-hydrogen) atoms. The molecule has 0 spiro atoms. The van der Waals surface area contributed by atoms with E-state index in [-0.39, 0.29) is 11.7 Å². The van der Waals surface area contributed by atoms with Gasteiger partial charge < -0.3 is 9.88 Å². The van der Waals surface area contributed by atoms with Crippen LogP contribution in [0.25, 0.3) is 0 Å². The molecule has 1 fully saturated rings. The van der Waals surface area contributed by atoms with Crippen LogP contribution < -0.4 is 0 Å². The average molecular weight is 288 g/mol. The summed E-state index contributed by atoms with van der Waals surface area (Å²) in [4.78, 5) is 30.1. The maximum absolute atomic E-state index is 12.8. The number of aryl methyl sites for hydroxylation is 1. The summed E-state index contributed by atoms with van der Waals surface area (Å²) in [6.07, 6.45) is 5.83. The molecule has 2 aliphatic carbocycles. The normalized spacial score (nSPS) is 17.7. The molecule has 2 aliphatic rings. The monoisotopic (exact) mass is 288 g/mol. The number of amides is 1. The van der Waals surface area contributed by atoms with Crippen molar-refractivity contribution in [2.24, 2.45) is 5.92 Å². The molecule has 1 aromatic rings. The standard InChI is InChI=1S/C17H24N2O2/c1-3-9-19(10-12-7-8-12)17(21)16-11(2)15-13(18-16)5-4-6-14(15)20/h12,18H,3-10H2,1-2H3. The van der Waals surface area contributed by atoms with Crippen molar-refractivity contribution in [2.75, 3.05) is 13.1 Å². The van der Waals surface area contributed by atoms with Crippen molar-refractivity contribution in [3.63, 3.8) is 0 Å². The van der Waals surface area contributed by atoms with Crippen LogP contribution in [-0.4, -0.2) is 34.7 Å². The maximum Gasteiger partial charge on any atom is 0.270 e. The van der Waals surface area contributed by atoms with Crippen molar-refractivity contribution in [3.8, 4) is 0 Å². The van der Waals surface area contributed by atoms with E-state index in [4.69, 9.17) is 0 Å². The Hall–Kier alpha value is -1.58. The number of fused-ring (bicyclic) bond motifs is 1. The summed E-state index contributed by atoms with van der Waals surface area (Å²) in [5, 5.41) is 0. The summed E-state index contributed by atoms with van der Waals surface area (Å²) in [5.74, 6) is 0.948. The highest BCUT2D eigenvalue weighted by atomic mass is 16.2. The summed E-state index contributed by atoms with van der Waals surface area (Å²) in [7, 11) is 0. The second-order valence-electron chi connectivity index (χ2n) is 6.45. The number of aromatic nitrogens is 1. The third-order valence-corrected chi connectivity index (χ3v) is 4.61. The van der Waals surface area contributed by atoms with Gasteiger partial charge in [-0.1, -0.05) is 6.92 Å². The summed E-state index contributed by atoms with van der Waals surface area (Å²) >= 11 is 0. The van der Waals surface area contributed by atoms with Crippen LogP contribution in [0.3, 0.4) is 0 Å². The van der Waals surface area contributed by atoms with Gasteiger partial charge in [-0.3, -0.25) is 9.59 Å². The zero-order valence-corrected chi connectivity index (χ0v) is 13.0. The van der Waals surface area contributed by atoms with E-state index in [9.17, 15) is 9.59 Å². The molecule has 0 atom stereocenters. The van der Waals surface area contributed by atoms with Crippen LogP contribution in [0.5, 0.6) is 0 Å². The lowest BCUT2D eigenvalue weighted by molar-refractivity contribution is 0.0741. The Bertz CT molecular complexity index is 570. The topological polar surface area (TPSA) is 53.2 Å². The molecule has 0 aliphatic heterocycles. The number of hydrogen-bond donors (Lipinski definition) is 1. The molecule has 4 nitrogen and oxygen atoms in total. The molecule has 0 radical (unpaired) electrons. The number of nitrogens with one attached hydrogen (secondary N) is 1. The first-order valence-electron chi connectivity index (χ1n) is 8.15. The van der Waals surface area contributed by atoms with Crippen LogP contribution in [0, 0.1) is 12.8 Å². The van der Waals surface area contributed by atoms with E-state index < -0.39 is 0 Å². The Balaban J connectivity index is 1.87. The lowest BCUT2D eigenvalue weighted by Gasteiger charge is -2.21. The summed E-state index contributed by atoms with van der Waals surface area (Å²) in [6.45, 7) is 5.67. The number of aromatic amines is 1. The third-order valence-electron chi connectivity index (χ3n) is 4.61. The van der Waals surface area contributed by atoms with Gasteiger partial charge in [0.25, 0.3) is 5.91 Å². The Labute approximate surface area is 125 Å². The van der Waals surface area contributed by atoms with Gasteiger partial charge >= 0.3 is 0 Å². The number of H-pyrrole nitrogens is 1.